The van der Waals surface area contributed by atoms with Gasteiger partial charge in [0.15, 0.2) is 11.5 Å². The summed E-state index contributed by atoms with van der Waals surface area (Å²) in [7, 11) is 0. The standard InChI is InChI=1S/C14H17N3O2/c1-9-17-11-6-10(2-3-12(11)19-9)13(18)16-8-14(7-15)4-5-14/h2-3,6H,4-5,7-8,15H2,1H3,(H,16,18). The summed E-state index contributed by atoms with van der Waals surface area (Å²) in [6, 6.07) is 5.29. The van der Waals surface area contributed by atoms with Crippen LogP contribution in [0.1, 0.15) is 29.1 Å². The molecular formula is C14H17N3O2. The fourth-order valence-electron chi connectivity index (χ4n) is 2.18. The molecule has 5 heteroatoms. The Morgan fingerprint density at radius 3 is 3.00 bits per heavy atom. The molecule has 0 radical (unpaired) electrons. The fraction of sp³-hybridized carbons (Fsp3) is 0.429. The van der Waals surface area contributed by atoms with Crippen LogP contribution in [0.15, 0.2) is 22.6 Å². The number of hydrogen-bond acceptors (Lipinski definition) is 4. The zero-order valence-corrected chi connectivity index (χ0v) is 10.9. The first-order valence-electron chi connectivity index (χ1n) is 6.47. The van der Waals surface area contributed by atoms with E-state index in [-0.39, 0.29) is 11.3 Å². The van der Waals surface area contributed by atoms with E-state index in [1.807, 2.05) is 0 Å². The van der Waals surface area contributed by atoms with Gasteiger partial charge in [-0.05, 0) is 37.6 Å². The van der Waals surface area contributed by atoms with Crippen molar-refractivity contribution in [3.63, 3.8) is 0 Å². The maximum Gasteiger partial charge on any atom is 0.251 e. The lowest BCUT2D eigenvalue weighted by molar-refractivity contribution is 0.0945. The van der Waals surface area contributed by atoms with Gasteiger partial charge in [0.05, 0.1) is 0 Å². The molecule has 1 aliphatic carbocycles. The van der Waals surface area contributed by atoms with E-state index in [9.17, 15) is 4.79 Å². The van der Waals surface area contributed by atoms with E-state index in [2.05, 4.69) is 10.3 Å². The molecule has 3 N–H and O–H groups in total. The number of carbonyl (C=O) groups excluding carboxylic acids is 1. The summed E-state index contributed by atoms with van der Waals surface area (Å²) in [6.07, 6.45) is 2.20. The number of rotatable bonds is 4. The van der Waals surface area contributed by atoms with Crippen LogP contribution < -0.4 is 11.1 Å². The molecule has 0 saturated heterocycles. The molecule has 1 saturated carbocycles. The topological polar surface area (TPSA) is 81.2 Å². The predicted octanol–water partition coefficient (Wildman–Crippen LogP) is 1.60. The smallest absolute Gasteiger partial charge is 0.251 e. The number of hydrogen-bond donors (Lipinski definition) is 2. The summed E-state index contributed by atoms with van der Waals surface area (Å²) in [6.45, 7) is 3.07. The number of fused-ring (bicyclic) bond motifs is 1. The van der Waals surface area contributed by atoms with Crippen molar-refractivity contribution >= 4 is 17.0 Å². The van der Waals surface area contributed by atoms with Crippen molar-refractivity contribution in [2.75, 3.05) is 13.1 Å². The second-order valence-electron chi connectivity index (χ2n) is 5.30. The maximum atomic E-state index is 12.1. The number of nitrogens with two attached hydrogens (primary N) is 1. The molecule has 0 bridgehead atoms. The first-order chi connectivity index (χ1) is 9.12. The van der Waals surface area contributed by atoms with E-state index in [0.29, 0.717) is 35.6 Å². The lowest BCUT2D eigenvalue weighted by atomic mass is 10.1. The van der Waals surface area contributed by atoms with Crippen molar-refractivity contribution < 1.29 is 9.21 Å². The summed E-state index contributed by atoms with van der Waals surface area (Å²) >= 11 is 0. The zero-order valence-electron chi connectivity index (χ0n) is 10.9. The summed E-state index contributed by atoms with van der Waals surface area (Å²) in [5.41, 5.74) is 7.86. The molecule has 0 atom stereocenters. The lowest BCUT2D eigenvalue weighted by Crippen LogP contribution is -2.33. The zero-order chi connectivity index (χ0) is 13.5. The molecule has 1 aromatic heterocycles. The Morgan fingerprint density at radius 1 is 1.53 bits per heavy atom. The third-order valence-corrected chi connectivity index (χ3v) is 3.77. The van der Waals surface area contributed by atoms with E-state index in [4.69, 9.17) is 10.2 Å². The van der Waals surface area contributed by atoms with E-state index < -0.39 is 0 Å². The minimum Gasteiger partial charge on any atom is -0.441 e. The highest BCUT2D eigenvalue weighted by molar-refractivity contribution is 5.97. The van der Waals surface area contributed by atoms with E-state index in [0.717, 1.165) is 12.8 Å². The van der Waals surface area contributed by atoms with Gasteiger partial charge in [0.2, 0.25) is 0 Å². The van der Waals surface area contributed by atoms with Crippen LogP contribution in [-0.2, 0) is 0 Å². The first kappa shape index (κ1) is 12.2. The molecule has 5 nitrogen and oxygen atoms in total. The Hall–Kier alpha value is -1.88. The highest BCUT2D eigenvalue weighted by Crippen LogP contribution is 2.43. The molecular weight excluding hydrogens is 242 g/mol. The number of nitrogens with one attached hydrogen (secondary N) is 1. The molecule has 1 aliphatic rings. The molecule has 1 aromatic carbocycles. The third kappa shape index (κ3) is 2.33. The van der Waals surface area contributed by atoms with Gasteiger partial charge in [-0.3, -0.25) is 4.79 Å². The maximum absolute atomic E-state index is 12.1. The Kier molecular flexibility index (Phi) is 2.78. The number of carbonyl (C=O) groups is 1. The monoisotopic (exact) mass is 259 g/mol. The van der Waals surface area contributed by atoms with Crippen LogP contribution in [0.3, 0.4) is 0 Å². The molecule has 2 aromatic rings. The molecule has 1 fully saturated rings. The van der Waals surface area contributed by atoms with Gasteiger partial charge in [-0.1, -0.05) is 0 Å². The van der Waals surface area contributed by atoms with Gasteiger partial charge in [-0.15, -0.1) is 0 Å². The van der Waals surface area contributed by atoms with E-state index in [1.165, 1.54) is 0 Å². The number of benzene rings is 1. The predicted molar refractivity (Wildman–Crippen MR) is 71.8 cm³/mol. The SMILES string of the molecule is Cc1nc2cc(C(=O)NCC3(CN)CC3)ccc2o1. The first-order valence-corrected chi connectivity index (χ1v) is 6.47. The van der Waals surface area contributed by atoms with Crippen LogP contribution in [0.5, 0.6) is 0 Å². The Labute approximate surface area is 111 Å². The second-order valence-corrected chi connectivity index (χ2v) is 5.30. The molecule has 1 amide bonds. The van der Waals surface area contributed by atoms with Gasteiger partial charge in [0, 0.05) is 24.4 Å². The number of amides is 1. The van der Waals surface area contributed by atoms with Crippen LogP contribution >= 0.6 is 0 Å². The number of aryl methyl sites for hydroxylation is 1. The molecule has 100 valence electrons. The van der Waals surface area contributed by atoms with Crippen LogP contribution in [0, 0.1) is 12.3 Å². The van der Waals surface area contributed by atoms with Gasteiger partial charge in [-0.25, -0.2) is 4.98 Å². The molecule has 1 heterocycles. The van der Waals surface area contributed by atoms with Gasteiger partial charge >= 0.3 is 0 Å². The van der Waals surface area contributed by atoms with Crippen molar-refractivity contribution in [3.8, 4) is 0 Å². The number of nitrogens with zero attached hydrogens (tertiary/aromatic N) is 1. The molecule has 0 unspecified atom stereocenters. The van der Waals surface area contributed by atoms with Crippen molar-refractivity contribution in [2.24, 2.45) is 11.1 Å². The molecule has 0 aliphatic heterocycles. The molecule has 0 spiro atoms. The van der Waals surface area contributed by atoms with Crippen molar-refractivity contribution in [2.45, 2.75) is 19.8 Å². The Balaban J connectivity index is 1.74. The summed E-state index contributed by atoms with van der Waals surface area (Å²) in [5.74, 6) is 0.523. The highest BCUT2D eigenvalue weighted by Gasteiger charge is 2.41. The highest BCUT2D eigenvalue weighted by atomic mass is 16.3. The normalized spacial score (nSPS) is 16.5. The van der Waals surface area contributed by atoms with Crippen LogP contribution in [0.4, 0.5) is 0 Å². The van der Waals surface area contributed by atoms with E-state index in [1.54, 1.807) is 25.1 Å². The lowest BCUT2D eigenvalue weighted by Gasteiger charge is -2.13. The Morgan fingerprint density at radius 2 is 2.32 bits per heavy atom. The average Bonchev–Trinajstić information content (AvgIpc) is 3.10. The minimum absolute atomic E-state index is 0.0812. The van der Waals surface area contributed by atoms with E-state index >= 15 is 0 Å². The summed E-state index contributed by atoms with van der Waals surface area (Å²) < 4.78 is 5.38. The second kappa shape index (κ2) is 4.35. The Bertz CT molecular complexity index is 629. The summed E-state index contributed by atoms with van der Waals surface area (Å²) in [4.78, 5) is 16.3. The van der Waals surface area contributed by atoms with Gasteiger partial charge in [-0.2, -0.15) is 0 Å². The van der Waals surface area contributed by atoms with Gasteiger partial charge < -0.3 is 15.5 Å². The van der Waals surface area contributed by atoms with Crippen molar-refractivity contribution in [1.29, 1.82) is 0 Å². The van der Waals surface area contributed by atoms with Crippen molar-refractivity contribution in [3.05, 3.63) is 29.7 Å². The number of oxazole rings is 1. The molecule has 19 heavy (non-hydrogen) atoms. The van der Waals surface area contributed by atoms with Gasteiger partial charge in [0.1, 0.15) is 5.52 Å². The van der Waals surface area contributed by atoms with Crippen molar-refractivity contribution in [1.82, 2.24) is 10.3 Å². The minimum atomic E-state index is -0.0812. The van der Waals surface area contributed by atoms with Gasteiger partial charge in [0.25, 0.3) is 5.91 Å². The average molecular weight is 259 g/mol. The van der Waals surface area contributed by atoms with Crippen LogP contribution in [0.2, 0.25) is 0 Å². The fourth-order valence-corrected chi connectivity index (χ4v) is 2.18. The number of aromatic nitrogens is 1. The van der Waals surface area contributed by atoms with Crippen LogP contribution in [-0.4, -0.2) is 24.0 Å². The third-order valence-electron chi connectivity index (χ3n) is 3.77. The quantitative estimate of drug-likeness (QED) is 0.874. The summed E-state index contributed by atoms with van der Waals surface area (Å²) in [5, 5.41) is 2.95. The molecule has 3 rings (SSSR count). The largest absolute Gasteiger partial charge is 0.441 e. The van der Waals surface area contributed by atoms with Crippen LogP contribution in [0.25, 0.3) is 11.1 Å².